The Morgan fingerprint density at radius 3 is 2.30 bits per heavy atom. The molecule has 23 heavy (non-hydrogen) atoms. The van der Waals surface area contributed by atoms with Gasteiger partial charge in [0.15, 0.2) is 0 Å². The van der Waals surface area contributed by atoms with E-state index in [9.17, 15) is 9.59 Å². The Morgan fingerprint density at radius 2 is 1.61 bits per heavy atom. The molecule has 1 aromatic rings. The molecule has 1 aliphatic rings. The molecule has 0 fully saturated rings. The van der Waals surface area contributed by atoms with Crippen molar-refractivity contribution < 1.29 is 14.0 Å². The number of fused-ring (bicyclic) bond motifs is 1. The third-order valence-electron chi connectivity index (χ3n) is 4.64. The van der Waals surface area contributed by atoms with Crippen LogP contribution in [0.2, 0.25) is 0 Å². The number of carbonyl (C=O) groups excluding carboxylic acids is 2. The van der Waals surface area contributed by atoms with Crippen molar-refractivity contribution in [3.63, 3.8) is 0 Å². The van der Waals surface area contributed by atoms with Gasteiger partial charge in [0.25, 0.3) is 11.6 Å². The van der Waals surface area contributed by atoms with Crippen LogP contribution in [-0.2, 0) is 4.79 Å². The summed E-state index contributed by atoms with van der Waals surface area (Å²) in [5.41, 5.74) is -1.60. The number of para-hydroxylation sites is 1. The molecular weight excluding hydrogens is 293 g/mol. The Bertz CT molecular complexity index is 572. The van der Waals surface area contributed by atoms with Crippen molar-refractivity contribution in [2.24, 2.45) is 0 Å². The number of carbonyl (C=O) groups is 2. The Labute approximate surface area is 137 Å². The highest BCUT2D eigenvalue weighted by molar-refractivity contribution is 6.27. The second-order valence-electron chi connectivity index (χ2n) is 6.38. The molecule has 1 unspecified atom stereocenters. The van der Waals surface area contributed by atoms with Crippen molar-refractivity contribution in [2.75, 3.05) is 11.9 Å². The van der Waals surface area contributed by atoms with Gasteiger partial charge in [0.2, 0.25) is 5.78 Å². The highest BCUT2D eigenvalue weighted by Crippen LogP contribution is 2.37. The first-order valence-corrected chi connectivity index (χ1v) is 8.63. The summed E-state index contributed by atoms with van der Waals surface area (Å²) in [6.07, 6.45) is 7.20. The van der Waals surface area contributed by atoms with E-state index in [0.29, 0.717) is 17.7 Å². The second-order valence-corrected chi connectivity index (χ2v) is 6.38. The highest BCUT2D eigenvalue weighted by Gasteiger charge is 2.52. The predicted molar refractivity (Wildman–Crippen MR) is 90.6 cm³/mol. The number of benzene rings is 1. The number of rotatable bonds is 8. The van der Waals surface area contributed by atoms with E-state index in [1.165, 1.54) is 31.2 Å². The summed E-state index contributed by atoms with van der Waals surface area (Å²) >= 11 is 0. The molecule has 0 saturated heterocycles. The van der Waals surface area contributed by atoms with Gasteiger partial charge in [-0.2, -0.15) is 0 Å². The minimum Gasteiger partial charge on any atom is -0.312 e. The van der Waals surface area contributed by atoms with E-state index < -0.39 is 17.4 Å². The molecule has 1 amide bonds. The minimum atomic E-state index is -2.40. The van der Waals surface area contributed by atoms with Crippen LogP contribution in [0.1, 0.15) is 68.6 Å². The number of amides is 1. The molecule has 3 nitrogen and oxygen atoms in total. The molecule has 0 bridgehead atoms. The largest absolute Gasteiger partial charge is 0.312 e. The Kier molecular flexibility index (Phi) is 5.91. The van der Waals surface area contributed by atoms with E-state index in [-0.39, 0.29) is 6.42 Å². The lowest BCUT2D eigenvalue weighted by molar-refractivity contribution is -0.127. The fourth-order valence-electron chi connectivity index (χ4n) is 3.19. The normalized spacial score (nSPS) is 20.7. The second kappa shape index (κ2) is 7.71. The van der Waals surface area contributed by atoms with Crippen LogP contribution < -0.4 is 4.90 Å². The van der Waals surface area contributed by atoms with Crippen LogP contribution in [0.4, 0.5) is 10.1 Å². The van der Waals surface area contributed by atoms with E-state index in [2.05, 4.69) is 6.92 Å². The Morgan fingerprint density at radius 1 is 1.00 bits per heavy atom. The van der Waals surface area contributed by atoms with Crippen LogP contribution in [0.5, 0.6) is 0 Å². The summed E-state index contributed by atoms with van der Waals surface area (Å²) in [5.74, 6) is -1.41. The molecule has 1 atom stereocenters. The van der Waals surface area contributed by atoms with Gasteiger partial charge in [-0.25, -0.2) is 4.39 Å². The van der Waals surface area contributed by atoms with Crippen LogP contribution in [-0.4, -0.2) is 24.4 Å². The number of nitrogens with zero attached hydrogens (tertiary/aromatic N) is 1. The van der Waals surface area contributed by atoms with E-state index >= 15 is 4.39 Å². The first kappa shape index (κ1) is 17.6. The number of Topliss-reactive ketones (excluding diaryl/α,β-unsaturated/α-hetero) is 1. The number of hydrogen-bond acceptors (Lipinski definition) is 2. The maximum atomic E-state index is 15.2. The van der Waals surface area contributed by atoms with Gasteiger partial charge in [-0.3, -0.25) is 9.59 Å². The lowest BCUT2D eigenvalue weighted by atomic mass is 9.84. The number of alkyl halides is 1. The monoisotopic (exact) mass is 319 g/mol. The van der Waals surface area contributed by atoms with E-state index in [0.717, 1.165) is 19.3 Å². The van der Waals surface area contributed by atoms with Crippen LogP contribution >= 0.6 is 0 Å². The molecule has 0 N–H and O–H groups in total. The van der Waals surface area contributed by atoms with Gasteiger partial charge in [-0.05, 0) is 25.0 Å². The summed E-state index contributed by atoms with van der Waals surface area (Å²) < 4.78 is 15.2. The molecule has 0 aliphatic carbocycles. The van der Waals surface area contributed by atoms with Gasteiger partial charge in [-0.1, -0.05) is 57.6 Å². The quantitative estimate of drug-likeness (QED) is 0.515. The summed E-state index contributed by atoms with van der Waals surface area (Å²) in [5, 5.41) is 0. The molecule has 1 aliphatic heterocycles. The third-order valence-corrected chi connectivity index (χ3v) is 4.64. The maximum absolute atomic E-state index is 15.2. The predicted octanol–water partition coefficient (Wildman–Crippen LogP) is 4.69. The molecule has 1 heterocycles. The molecule has 2 rings (SSSR count). The third kappa shape index (κ3) is 3.62. The summed E-state index contributed by atoms with van der Waals surface area (Å²) in [4.78, 5) is 26.1. The zero-order chi connectivity index (χ0) is 16.9. The molecule has 0 spiro atoms. The standard InChI is InChI=1S/C19H26FNO2/c1-3-4-5-6-7-8-11-14-19(20)17(22)15-12-9-10-13-16(15)21(2)18(19)23/h9-10,12-13H,3-8,11,14H2,1-2H3. The Balaban J connectivity index is 1.98. The SMILES string of the molecule is CCCCCCCCCC1(F)C(=O)c2ccccc2N(C)C1=O. The van der Waals surface area contributed by atoms with Crippen molar-refractivity contribution in [1.82, 2.24) is 0 Å². The van der Waals surface area contributed by atoms with Crippen molar-refractivity contribution in [1.29, 1.82) is 0 Å². The van der Waals surface area contributed by atoms with Crippen molar-refractivity contribution in [3.8, 4) is 0 Å². The number of halogens is 1. The average Bonchev–Trinajstić information content (AvgIpc) is 2.57. The van der Waals surface area contributed by atoms with Crippen LogP contribution in [0.25, 0.3) is 0 Å². The average molecular weight is 319 g/mol. The smallest absolute Gasteiger partial charge is 0.272 e. The number of ketones is 1. The van der Waals surface area contributed by atoms with Crippen LogP contribution in [0.15, 0.2) is 24.3 Å². The zero-order valence-electron chi connectivity index (χ0n) is 14.1. The van der Waals surface area contributed by atoms with Gasteiger partial charge in [0.1, 0.15) is 0 Å². The topological polar surface area (TPSA) is 37.4 Å². The molecule has 0 saturated carbocycles. The lowest BCUT2D eigenvalue weighted by Gasteiger charge is -2.34. The summed E-state index contributed by atoms with van der Waals surface area (Å²) in [6.45, 7) is 2.17. The first-order chi connectivity index (χ1) is 11.0. The summed E-state index contributed by atoms with van der Waals surface area (Å²) in [6, 6.07) is 6.73. The van der Waals surface area contributed by atoms with Crippen LogP contribution in [0, 0.1) is 0 Å². The number of unbranched alkanes of at least 4 members (excludes halogenated alkanes) is 6. The lowest BCUT2D eigenvalue weighted by Crippen LogP contribution is -2.54. The first-order valence-electron chi connectivity index (χ1n) is 8.63. The van der Waals surface area contributed by atoms with Crippen molar-refractivity contribution >= 4 is 17.4 Å². The molecule has 1 aromatic carbocycles. The van der Waals surface area contributed by atoms with Crippen LogP contribution in [0.3, 0.4) is 0 Å². The van der Waals surface area contributed by atoms with Gasteiger partial charge < -0.3 is 4.90 Å². The molecular formula is C19H26FNO2. The van der Waals surface area contributed by atoms with Gasteiger partial charge in [0.05, 0.1) is 5.69 Å². The maximum Gasteiger partial charge on any atom is 0.272 e. The molecule has 0 radical (unpaired) electrons. The van der Waals surface area contributed by atoms with Crippen molar-refractivity contribution in [3.05, 3.63) is 29.8 Å². The minimum absolute atomic E-state index is 0.0167. The van der Waals surface area contributed by atoms with Gasteiger partial charge in [-0.15, -0.1) is 0 Å². The molecule has 126 valence electrons. The fraction of sp³-hybridized carbons (Fsp3) is 0.579. The van der Waals surface area contributed by atoms with Gasteiger partial charge >= 0.3 is 0 Å². The Hall–Kier alpha value is -1.71. The number of hydrogen-bond donors (Lipinski definition) is 0. The zero-order valence-corrected chi connectivity index (χ0v) is 14.1. The highest BCUT2D eigenvalue weighted by atomic mass is 19.1. The fourth-order valence-corrected chi connectivity index (χ4v) is 3.19. The summed E-state index contributed by atoms with van der Waals surface area (Å²) in [7, 11) is 1.53. The van der Waals surface area contributed by atoms with Gasteiger partial charge in [0, 0.05) is 12.6 Å². The van der Waals surface area contributed by atoms with E-state index in [1.807, 2.05) is 0 Å². The van der Waals surface area contributed by atoms with E-state index in [4.69, 9.17) is 0 Å². The number of anilines is 1. The van der Waals surface area contributed by atoms with E-state index in [1.54, 1.807) is 24.3 Å². The van der Waals surface area contributed by atoms with Crippen molar-refractivity contribution in [2.45, 2.75) is 64.0 Å². The molecule has 4 heteroatoms. The molecule has 0 aromatic heterocycles.